The molecule has 0 saturated carbocycles. The first kappa shape index (κ1) is 28.6. The van der Waals surface area contributed by atoms with E-state index in [4.69, 9.17) is 14.1 Å². The molecule has 0 N–H and O–H groups in total. The molecule has 2 aliphatic heterocycles. The van der Waals surface area contributed by atoms with Gasteiger partial charge in [-0.3, -0.25) is 0 Å². The topological polar surface area (TPSA) is 41.0 Å². The molecule has 4 aromatic rings. The fourth-order valence-corrected chi connectivity index (χ4v) is 6.68. The Labute approximate surface area is 264 Å². The van der Waals surface area contributed by atoms with Crippen LogP contribution in [0.25, 0.3) is 50.0 Å². The second-order valence-corrected chi connectivity index (χ2v) is 11.4. The van der Waals surface area contributed by atoms with Crippen molar-refractivity contribution in [2.24, 2.45) is 4.99 Å². The monoisotopic (exact) mass is 592 g/mol. The normalized spacial score (nSPS) is 12.7. The predicted molar refractivity (Wildman–Crippen MR) is 188 cm³/mol. The average Bonchev–Trinajstić information content (AvgIpc) is 3.08. The molecule has 224 valence electrons. The van der Waals surface area contributed by atoms with Gasteiger partial charge in [0.15, 0.2) is 0 Å². The van der Waals surface area contributed by atoms with Gasteiger partial charge < -0.3 is 14.1 Å². The number of rotatable bonds is 7. The van der Waals surface area contributed by atoms with E-state index in [2.05, 4.69) is 123 Å². The highest BCUT2D eigenvalue weighted by atomic mass is 16.5. The predicted octanol–water partition coefficient (Wildman–Crippen LogP) is 9.10. The first-order valence-corrected chi connectivity index (χ1v) is 15.9. The summed E-state index contributed by atoms with van der Waals surface area (Å²) in [5.74, 6) is 1.99. The van der Waals surface area contributed by atoms with Crippen LogP contribution in [-0.2, 0) is 4.74 Å². The third kappa shape index (κ3) is 4.89. The summed E-state index contributed by atoms with van der Waals surface area (Å²) in [7, 11) is 0. The van der Waals surface area contributed by atoms with Crippen LogP contribution >= 0.6 is 0 Å². The van der Waals surface area contributed by atoms with Crippen molar-refractivity contribution in [2.75, 3.05) is 31.1 Å². The van der Waals surface area contributed by atoms with Crippen LogP contribution in [0.2, 0.25) is 0 Å². The Hall–Kier alpha value is -5.16. The van der Waals surface area contributed by atoms with Crippen molar-refractivity contribution in [2.45, 2.75) is 27.7 Å². The summed E-state index contributed by atoms with van der Waals surface area (Å²) in [4.78, 5) is 7.42. The van der Waals surface area contributed by atoms with Crippen LogP contribution in [0.3, 0.4) is 0 Å². The molecule has 3 aliphatic rings. The molecule has 0 amide bonds. The Morgan fingerprint density at radius 2 is 1.47 bits per heavy atom. The smallest absolute Gasteiger partial charge is 0.227 e. The fraction of sp³-hybridized carbons (Fsp3) is 0.200. The second kappa shape index (κ2) is 11.7. The van der Waals surface area contributed by atoms with Crippen molar-refractivity contribution >= 4 is 44.8 Å². The Balaban J connectivity index is 1.50. The number of nitrogens with zero attached hydrogens (tertiary/aromatic N) is 3. The second-order valence-electron chi connectivity index (χ2n) is 11.4. The lowest BCUT2D eigenvalue weighted by atomic mass is 9.90. The number of benzene rings is 5. The van der Waals surface area contributed by atoms with E-state index in [9.17, 15) is 0 Å². The zero-order valence-electron chi connectivity index (χ0n) is 26.4. The molecule has 1 aliphatic carbocycles. The average molecular weight is 593 g/mol. The van der Waals surface area contributed by atoms with Crippen molar-refractivity contribution in [3.8, 4) is 22.5 Å². The van der Waals surface area contributed by atoms with Gasteiger partial charge in [0.2, 0.25) is 11.3 Å². The third-order valence-corrected chi connectivity index (χ3v) is 9.00. The number of ether oxygens (including phenoxy) is 1. The number of hydrogen-bond acceptors (Lipinski definition) is 4. The molecule has 0 unspecified atom stereocenters. The van der Waals surface area contributed by atoms with E-state index in [1.54, 1.807) is 0 Å². The van der Waals surface area contributed by atoms with Gasteiger partial charge in [0.1, 0.15) is 30.2 Å². The zero-order chi connectivity index (χ0) is 31.1. The highest BCUT2D eigenvalue weighted by Gasteiger charge is 2.26. The molecule has 0 bridgehead atoms. The molecule has 5 heteroatoms. The lowest BCUT2D eigenvalue weighted by Crippen LogP contribution is -2.29. The Morgan fingerprint density at radius 1 is 0.711 bits per heavy atom. The summed E-state index contributed by atoms with van der Waals surface area (Å²) in [6.07, 6.45) is 0. The minimum atomic E-state index is 0.542. The molecule has 0 saturated heterocycles. The maximum absolute atomic E-state index is 6.73. The summed E-state index contributed by atoms with van der Waals surface area (Å²) in [6, 6.07) is 34.0. The van der Waals surface area contributed by atoms with E-state index in [0.29, 0.717) is 11.7 Å². The van der Waals surface area contributed by atoms with Gasteiger partial charge in [-0.05, 0) is 74.4 Å². The lowest BCUT2D eigenvalue weighted by molar-refractivity contribution is 0.506. The van der Waals surface area contributed by atoms with Crippen molar-refractivity contribution in [3.05, 3.63) is 120 Å². The minimum Gasteiger partial charge on any atom is -0.456 e. The molecule has 45 heavy (non-hydrogen) atoms. The molecule has 5 nitrogen and oxygen atoms in total. The molecule has 0 fully saturated rings. The van der Waals surface area contributed by atoms with Crippen molar-refractivity contribution < 1.29 is 9.15 Å². The van der Waals surface area contributed by atoms with Crippen LogP contribution in [0.4, 0.5) is 11.4 Å². The summed E-state index contributed by atoms with van der Waals surface area (Å²) in [5, 5.41) is 4.42. The summed E-state index contributed by atoms with van der Waals surface area (Å²) in [6.45, 7) is 16.8. The molecule has 7 rings (SSSR count). The first-order valence-electron chi connectivity index (χ1n) is 15.9. The van der Waals surface area contributed by atoms with Gasteiger partial charge in [-0.25, -0.2) is 9.57 Å². The van der Waals surface area contributed by atoms with E-state index in [0.717, 1.165) is 98.2 Å². The molecule has 0 atom stereocenters. The third-order valence-electron chi connectivity index (χ3n) is 9.00. The highest BCUT2D eigenvalue weighted by molar-refractivity contribution is 6.13. The van der Waals surface area contributed by atoms with Crippen LogP contribution in [0.15, 0.2) is 113 Å². The Kier molecular flexibility index (Phi) is 7.46. The van der Waals surface area contributed by atoms with Gasteiger partial charge in [0.05, 0.1) is 17.3 Å². The van der Waals surface area contributed by atoms with Crippen LogP contribution in [0, 0.1) is 0 Å². The molecule has 0 aromatic heterocycles. The quantitative estimate of drug-likeness (QED) is 0.137. The molecule has 0 radical (unpaired) electrons. The van der Waals surface area contributed by atoms with Gasteiger partial charge in [-0.1, -0.05) is 55.1 Å². The van der Waals surface area contributed by atoms with Gasteiger partial charge in [0, 0.05) is 53.0 Å². The van der Waals surface area contributed by atoms with E-state index < -0.39 is 0 Å². The SMILES string of the molecule is C=C1OC(c2ccccc2-c2c3ccc(=[N+](CC)CC)cc-3oc3cc(N(CC)CC)ccc23)=Nc2ccc3ccccc3c21. The van der Waals surface area contributed by atoms with Crippen molar-refractivity contribution in [1.29, 1.82) is 0 Å². The summed E-state index contributed by atoms with van der Waals surface area (Å²) in [5.41, 5.74) is 7.88. The van der Waals surface area contributed by atoms with Crippen molar-refractivity contribution in [3.63, 3.8) is 0 Å². The van der Waals surface area contributed by atoms with Crippen LogP contribution in [0.5, 0.6) is 0 Å². The zero-order valence-corrected chi connectivity index (χ0v) is 26.4. The Morgan fingerprint density at radius 3 is 2.24 bits per heavy atom. The maximum atomic E-state index is 6.73. The fourth-order valence-electron chi connectivity index (χ4n) is 6.68. The molecule has 0 spiro atoms. The van der Waals surface area contributed by atoms with Crippen LogP contribution in [-0.4, -0.2) is 32.1 Å². The molecule has 4 aromatic carbocycles. The summed E-state index contributed by atoms with van der Waals surface area (Å²) >= 11 is 0. The molecular formula is C40H38N3O2+. The van der Waals surface area contributed by atoms with Gasteiger partial charge in [-0.2, -0.15) is 0 Å². The number of fused-ring (bicyclic) bond motifs is 5. The largest absolute Gasteiger partial charge is 0.456 e. The van der Waals surface area contributed by atoms with Crippen LogP contribution < -0.4 is 14.8 Å². The summed E-state index contributed by atoms with van der Waals surface area (Å²) < 4.78 is 15.5. The molecular weight excluding hydrogens is 554 g/mol. The Bertz CT molecular complexity index is 2160. The first-order chi connectivity index (χ1) is 22.0. The van der Waals surface area contributed by atoms with Gasteiger partial charge >= 0.3 is 0 Å². The van der Waals surface area contributed by atoms with E-state index in [1.165, 1.54) is 0 Å². The maximum Gasteiger partial charge on any atom is 0.227 e. The van der Waals surface area contributed by atoms with Crippen LogP contribution in [0.1, 0.15) is 38.8 Å². The van der Waals surface area contributed by atoms with E-state index >= 15 is 0 Å². The molecule has 2 heterocycles. The van der Waals surface area contributed by atoms with Gasteiger partial charge in [0.25, 0.3) is 0 Å². The van der Waals surface area contributed by atoms with E-state index in [1.807, 2.05) is 18.2 Å². The highest BCUT2D eigenvalue weighted by Crippen LogP contribution is 2.44. The number of hydrogen-bond donors (Lipinski definition) is 0. The number of anilines is 1. The van der Waals surface area contributed by atoms with E-state index in [-0.39, 0.29) is 0 Å². The standard InChI is InChI=1S/C40H38N3O2/c1-6-42(7-2)28-19-21-33-36(24-28)45-37-25-29(43(8-3)9-4)20-22-34(37)39(33)31-16-12-13-17-32(31)40-41-35-23-18-27-14-10-11-15-30(27)38(35)26(5)44-40/h10-25H,5-9H2,1-4H3/q+1. The van der Waals surface area contributed by atoms with Crippen molar-refractivity contribution in [1.82, 2.24) is 4.58 Å². The van der Waals surface area contributed by atoms with Gasteiger partial charge in [-0.15, -0.1) is 0 Å². The minimum absolute atomic E-state index is 0.542. The number of aliphatic imine (C=N–C) groups is 1. The lowest BCUT2D eigenvalue weighted by Gasteiger charge is -2.24.